The van der Waals surface area contributed by atoms with Crippen molar-refractivity contribution in [2.24, 2.45) is 17.9 Å². The van der Waals surface area contributed by atoms with Crippen LogP contribution in [0.25, 0.3) is 11.1 Å². The van der Waals surface area contributed by atoms with Gasteiger partial charge in [-0.1, -0.05) is 16.8 Å². The first-order valence-electron chi connectivity index (χ1n) is 13.7. The summed E-state index contributed by atoms with van der Waals surface area (Å²) in [6.07, 6.45) is 2.90. The van der Waals surface area contributed by atoms with Crippen LogP contribution in [0.3, 0.4) is 0 Å². The largest absolute Gasteiger partial charge is 0.724 e. The van der Waals surface area contributed by atoms with Crippen LogP contribution in [0.1, 0.15) is 26.0 Å². The summed E-state index contributed by atoms with van der Waals surface area (Å²) in [6.45, 7) is 3.37. The van der Waals surface area contributed by atoms with E-state index in [9.17, 15) is 32.5 Å². The highest BCUT2D eigenvalue weighted by Gasteiger charge is 2.57. The Labute approximate surface area is 277 Å². The second-order valence-electron chi connectivity index (χ2n) is 10.7. The van der Waals surface area contributed by atoms with E-state index in [1.165, 1.54) is 25.3 Å². The van der Waals surface area contributed by atoms with Crippen molar-refractivity contribution in [2.75, 3.05) is 18.9 Å². The van der Waals surface area contributed by atoms with E-state index in [0.29, 0.717) is 22.2 Å². The topological polar surface area (TPSA) is 258 Å². The van der Waals surface area contributed by atoms with Gasteiger partial charge in [-0.2, -0.15) is 14.0 Å². The minimum atomic E-state index is -5.27. The van der Waals surface area contributed by atoms with E-state index in [1.54, 1.807) is 12.1 Å². The van der Waals surface area contributed by atoms with Crippen molar-refractivity contribution in [2.45, 2.75) is 44.5 Å². The van der Waals surface area contributed by atoms with Crippen LogP contribution in [0.2, 0.25) is 5.02 Å². The Balaban J connectivity index is 1.47. The number of aromatic nitrogens is 3. The minimum absolute atomic E-state index is 0.0418. The average molecular weight is 715 g/mol. The van der Waals surface area contributed by atoms with Crippen molar-refractivity contribution in [1.29, 1.82) is 0 Å². The summed E-state index contributed by atoms with van der Waals surface area (Å²) in [6, 6.07) is 3.46. The highest BCUT2D eigenvalue weighted by atomic mass is 35.5. The minimum Gasteiger partial charge on any atom is -0.724 e. The maximum atomic E-state index is 13.2. The number of nitrogens with two attached hydrogens (primary N) is 2. The number of carbonyl (C=O) groups is 3. The number of hydroxylamine groups is 2. The molecule has 1 aromatic carbocycles. The molecule has 18 nitrogen and oxygen atoms in total. The van der Waals surface area contributed by atoms with Crippen LogP contribution in [0.15, 0.2) is 41.1 Å². The molecular formula is C26H31ClN8O10S2. The molecule has 1 aliphatic heterocycles. The predicted octanol–water partition coefficient (Wildman–Crippen LogP) is -0.229. The van der Waals surface area contributed by atoms with Crippen LogP contribution >= 0.6 is 22.9 Å². The molecule has 1 aliphatic rings. The smallest absolute Gasteiger partial charge is 0.351 e. The van der Waals surface area contributed by atoms with Gasteiger partial charge in [0.25, 0.3) is 17.9 Å². The molecule has 0 spiro atoms. The summed E-state index contributed by atoms with van der Waals surface area (Å²) in [5.74, 6) is -3.35. The van der Waals surface area contributed by atoms with Crippen LogP contribution in [-0.4, -0.2) is 87.1 Å². The van der Waals surface area contributed by atoms with Gasteiger partial charge in [-0.15, -0.1) is 16.0 Å². The molecule has 3 aromatic rings. The SMILES string of the molecule is C[n+]1cc(-c2ccc(OC[C@H](O/N=C(\C(=O)NC3C(=O)N(OS(=O)(=O)[O-])C3(C)C)c3csc(N)n3)C(=O)O)cc2Cl)cn1CCCN. The zero-order valence-corrected chi connectivity index (χ0v) is 27.5. The number of thiazole rings is 1. The second-order valence-corrected chi connectivity index (χ2v) is 12.9. The maximum absolute atomic E-state index is 13.2. The number of nitrogens with zero attached hydrogens (tertiary/aromatic N) is 5. The molecule has 0 radical (unpaired) electrons. The van der Waals surface area contributed by atoms with Crippen LogP contribution in [0, 0.1) is 0 Å². The Morgan fingerprint density at radius 1 is 1.36 bits per heavy atom. The van der Waals surface area contributed by atoms with Gasteiger partial charge in [-0.3, -0.25) is 9.59 Å². The number of hydrogen-bond donors (Lipinski definition) is 4. The van der Waals surface area contributed by atoms with Crippen LogP contribution in [0.4, 0.5) is 5.13 Å². The number of nitrogen functional groups attached to an aromatic ring is 1. The quantitative estimate of drug-likeness (QED) is 0.0397. The molecule has 1 saturated heterocycles. The van der Waals surface area contributed by atoms with Crippen molar-refractivity contribution in [3.8, 4) is 16.9 Å². The molecule has 2 amide bonds. The number of benzene rings is 1. The number of anilines is 1. The first-order valence-corrected chi connectivity index (χ1v) is 16.3. The number of halogens is 1. The van der Waals surface area contributed by atoms with E-state index >= 15 is 0 Å². The number of carbonyl (C=O) groups excluding carboxylic acids is 2. The summed E-state index contributed by atoms with van der Waals surface area (Å²) in [7, 11) is -3.38. The number of aryl methyl sites for hydroxylation is 2. The number of oxime groups is 1. The lowest BCUT2D eigenvalue weighted by molar-refractivity contribution is -0.753. The van der Waals surface area contributed by atoms with Gasteiger partial charge in [-0.05, 0) is 45.0 Å². The number of amides is 2. The van der Waals surface area contributed by atoms with Gasteiger partial charge in [0.15, 0.2) is 17.9 Å². The van der Waals surface area contributed by atoms with Gasteiger partial charge in [0, 0.05) is 10.9 Å². The number of hydrogen-bond acceptors (Lipinski definition) is 14. The third-order valence-corrected chi connectivity index (χ3v) is 8.23. The van der Waals surface area contributed by atoms with Gasteiger partial charge >= 0.3 is 5.97 Å². The molecule has 1 unspecified atom stereocenters. The Bertz CT molecular complexity index is 1810. The molecular weight excluding hydrogens is 684 g/mol. The average Bonchev–Trinajstić information content (AvgIpc) is 3.58. The first kappa shape index (κ1) is 35.5. The van der Waals surface area contributed by atoms with E-state index < -0.39 is 58.2 Å². The van der Waals surface area contributed by atoms with E-state index in [0.717, 1.165) is 29.9 Å². The summed E-state index contributed by atoms with van der Waals surface area (Å²) < 4.78 is 46.6. The highest BCUT2D eigenvalue weighted by Crippen LogP contribution is 2.33. The maximum Gasteiger partial charge on any atom is 0.351 e. The van der Waals surface area contributed by atoms with Crippen molar-refractivity contribution < 1.29 is 51.0 Å². The lowest BCUT2D eigenvalue weighted by atomic mass is 9.84. The van der Waals surface area contributed by atoms with Crippen molar-refractivity contribution in [3.63, 3.8) is 0 Å². The fourth-order valence-electron chi connectivity index (χ4n) is 4.45. The third kappa shape index (κ3) is 8.34. The van der Waals surface area contributed by atoms with E-state index in [2.05, 4.69) is 19.7 Å². The summed E-state index contributed by atoms with van der Waals surface area (Å²) in [5.41, 5.74) is 10.7. The zero-order valence-electron chi connectivity index (χ0n) is 25.2. The number of carboxylic acid groups (broad SMARTS) is 1. The van der Waals surface area contributed by atoms with Gasteiger partial charge < -0.3 is 36.0 Å². The zero-order chi connectivity index (χ0) is 34.7. The monoisotopic (exact) mass is 714 g/mol. The van der Waals surface area contributed by atoms with Crippen molar-refractivity contribution in [3.05, 3.63) is 46.7 Å². The number of aliphatic carboxylic acids is 1. The number of nitrogens with one attached hydrogen (secondary N) is 1. The normalized spacial score (nSPS) is 16.8. The number of carboxylic acids is 1. The molecule has 4 rings (SSSR count). The van der Waals surface area contributed by atoms with Gasteiger partial charge in [0.1, 0.15) is 24.1 Å². The Morgan fingerprint density at radius 2 is 2.09 bits per heavy atom. The van der Waals surface area contributed by atoms with Crippen LogP contribution in [0.5, 0.6) is 5.75 Å². The van der Waals surface area contributed by atoms with E-state index in [1.807, 2.05) is 28.8 Å². The molecule has 254 valence electrons. The lowest BCUT2D eigenvalue weighted by Crippen LogP contribution is -2.76. The molecule has 6 N–H and O–H groups in total. The summed E-state index contributed by atoms with van der Waals surface area (Å²) >= 11 is 7.46. The molecule has 3 heterocycles. The van der Waals surface area contributed by atoms with E-state index in [4.69, 9.17) is 32.6 Å². The Hall–Kier alpha value is -4.34. The fraction of sp³-hybridized carbons (Fsp3) is 0.385. The Morgan fingerprint density at radius 3 is 2.66 bits per heavy atom. The van der Waals surface area contributed by atoms with E-state index in [-0.39, 0.29) is 16.6 Å². The highest BCUT2D eigenvalue weighted by molar-refractivity contribution is 7.80. The van der Waals surface area contributed by atoms with Gasteiger partial charge in [-0.25, -0.2) is 18.2 Å². The molecule has 21 heteroatoms. The third-order valence-electron chi connectivity index (χ3n) is 6.91. The lowest BCUT2D eigenvalue weighted by Gasteiger charge is -2.51. The standard InChI is InChI=1S/C26H31ClN8O10S2/c1-26(2)21(23(37)35(26)45-47(40,41)42)31-22(36)20(18-13-46-25(29)30-18)32-44-19(24(38)39)12-43-15-5-6-16(17(27)9-15)14-10-33(3)34(11-14)8-4-7-28/h5-6,9-11,13,19,21H,4,7-8,12,28H2,1-3H3,(H4-,29,30,31,36,38,39,40,41,42)/b32-20-/t19-,21?/m0/s1. The Kier molecular flexibility index (Phi) is 10.7. The predicted molar refractivity (Wildman–Crippen MR) is 164 cm³/mol. The second kappa shape index (κ2) is 14.2. The van der Waals surface area contributed by atoms with Gasteiger partial charge in [0.05, 0.1) is 28.9 Å². The number of rotatable bonds is 15. The first-order chi connectivity index (χ1) is 22.0. The molecule has 1 fully saturated rings. The van der Waals surface area contributed by atoms with Crippen molar-refractivity contribution >= 4 is 62.0 Å². The van der Waals surface area contributed by atoms with Crippen LogP contribution in [-0.2, 0) is 47.5 Å². The number of ether oxygens (including phenoxy) is 1. The number of β-lactam (4-membered cyclic amide) rings is 1. The fourth-order valence-corrected chi connectivity index (χ4v) is 5.72. The van der Waals surface area contributed by atoms with Crippen molar-refractivity contribution in [1.82, 2.24) is 20.0 Å². The molecule has 0 aliphatic carbocycles. The molecule has 0 saturated carbocycles. The molecule has 47 heavy (non-hydrogen) atoms. The molecule has 2 aromatic heterocycles. The molecule has 2 atom stereocenters. The summed E-state index contributed by atoms with van der Waals surface area (Å²) in [5, 5.41) is 17.8. The van der Waals surface area contributed by atoms with Gasteiger partial charge in [0.2, 0.25) is 16.6 Å². The van der Waals surface area contributed by atoms with Crippen LogP contribution < -0.4 is 26.2 Å². The molecule has 0 bridgehead atoms. The summed E-state index contributed by atoms with van der Waals surface area (Å²) in [4.78, 5) is 46.8.